The van der Waals surface area contributed by atoms with Gasteiger partial charge < -0.3 is 11.1 Å². The van der Waals surface area contributed by atoms with E-state index in [0.29, 0.717) is 6.04 Å². The zero-order valence-corrected chi connectivity index (χ0v) is 10.1. The van der Waals surface area contributed by atoms with Crippen LogP contribution in [-0.4, -0.2) is 18.0 Å². The first-order valence-electron chi connectivity index (χ1n) is 6.06. The second kappa shape index (κ2) is 5.50. The summed E-state index contributed by atoms with van der Waals surface area (Å²) >= 11 is 0. The van der Waals surface area contributed by atoms with E-state index in [1.807, 2.05) is 13.8 Å². The van der Waals surface area contributed by atoms with Crippen molar-refractivity contribution >= 4 is 5.91 Å². The molecule has 0 aliphatic heterocycles. The molecule has 0 heterocycles. The third-order valence-corrected chi connectivity index (χ3v) is 3.49. The third kappa shape index (κ3) is 3.82. The van der Waals surface area contributed by atoms with Gasteiger partial charge in [-0.15, -0.1) is 0 Å². The van der Waals surface area contributed by atoms with Crippen molar-refractivity contribution in [2.75, 3.05) is 0 Å². The second-order valence-corrected chi connectivity index (χ2v) is 5.13. The molecule has 0 aromatic rings. The van der Waals surface area contributed by atoms with Gasteiger partial charge in [-0.3, -0.25) is 4.79 Å². The molecule has 1 aliphatic carbocycles. The molecule has 0 radical (unpaired) electrons. The minimum atomic E-state index is -0.0813. The maximum atomic E-state index is 11.8. The highest BCUT2D eigenvalue weighted by molar-refractivity contribution is 5.79. The molecule has 3 nitrogen and oxygen atoms in total. The van der Waals surface area contributed by atoms with Crippen molar-refractivity contribution in [1.82, 2.24) is 5.32 Å². The van der Waals surface area contributed by atoms with Crippen LogP contribution in [0.5, 0.6) is 0 Å². The normalized spacial score (nSPS) is 30.7. The first-order valence-corrected chi connectivity index (χ1v) is 6.06. The lowest BCUT2D eigenvalue weighted by molar-refractivity contribution is -0.125. The lowest BCUT2D eigenvalue weighted by Gasteiger charge is -2.29. The van der Waals surface area contributed by atoms with Crippen LogP contribution in [0.3, 0.4) is 0 Å². The summed E-state index contributed by atoms with van der Waals surface area (Å²) in [5, 5.41) is 3.11. The Balaban J connectivity index is 2.37. The standard InChI is InChI=1S/C12H24N2O/c1-8-5-4-6-11(7-8)14-12(15)9(2)10(3)13/h8-11H,4-7,13H2,1-3H3,(H,14,15). The Morgan fingerprint density at radius 1 is 1.40 bits per heavy atom. The average Bonchev–Trinajstić information content (AvgIpc) is 2.16. The highest BCUT2D eigenvalue weighted by atomic mass is 16.1. The van der Waals surface area contributed by atoms with Crippen LogP contribution in [0, 0.1) is 11.8 Å². The number of nitrogens with one attached hydrogen (secondary N) is 1. The molecule has 4 unspecified atom stereocenters. The van der Waals surface area contributed by atoms with Crippen molar-refractivity contribution in [3.63, 3.8) is 0 Å². The molecule has 0 bridgehead atoms. The fraction of sp³-hybridized carbons (Fsp3) is 0.917. The number of amides is 1. The molecular weight excluding hydrogens is 188 g/mol. The maximum Gasteiger partial charge on any atom is 0.224 e. The third-order valence-electron chi connectivity index (χ3n) is 3.49. The Bertz CT molecular complexity index is 216. The summed E-state index contributed by atoms with van der Waals surface area (Å²) in [4.78, 5) is 11.8. The van der Waals surface area contributed by atoms with Gasteiger partial charge in [-0.25, -0.2) is 0 Å². The van der Waals surface area contributed by atoms with Crippen molar-refractivity contribution in [1.29, 1.82) is 0 Å². The van der Waals surface area contributed by atoms with Crippen molar-refractivity contribution in [2.24, 2.45) is 17.6 Å². The van der Waals surface area contributed by atoms with E-state index in [4.69, 9.17) is 5.73 Å². The van der Waals surface area contributed by atoms with Crippen LogP contribution >= 0.6 is 0 Å². The number of nitrogens with two attached hydrogens (primary N) is 1. The fourth-order valence-electron chi connectivity index (χ4n) is 2.14. The Hall–Kier alpha value is -0.570. The van der Waals surface area contributed by atoms with Crippen LogP contribution in [0.25, 0.3) is 0 Å². The van der Waals surface area contributed by atoms with Crippen LogP contribution in [0.4, 0.5) is 0 Å². The summed E-state index contributed by atoms with van der Waals surface area (Å²) in [5.41, 5.74) is 5.71. The predicted molar refractivity (Wildman–Crippen MR) is 62.4 cm³/mol. The van der Waals surface area contributed by atoms with Crippen LogP contribution in [0.2, 0.25) is 0 Å². The van der Waals surface area contributed by atoms with Crippen molar-refractivity contribution in [3.05, 3.63) is 0 Å². The maximum absolute atomic E-state index is 11.8. The van der Waals surface area contributed by atoms with Gasteiger partial charge in [0.25, 0.3) is 0 Å². The monoisotopic (exact) mass is 212 g/mol. The summed E-state index contributed by atoms with van der Waals surface area (Å²) in [6.45, 7) is 6.04. The molecule has 1 fully saturated rings. The number of carbonyl (C=O) groups excluding carboxylic acids is 1. The molecule has 4 atom stereocenters. The first kappa shape index (κ1) is 12.5. The molecule has 1 saturated carbocycles. The smallest absolute Gasteiger partial charge is 0.224 e. The number of carbonyl (C=O) groups is 1. The average molecular weight is 212 g/mol. The Morgan fingerprint density at radius 3 is 2.60 bits per heavy atom. The van der Waals surface area contributed by atoms with Gasteiger partial charge in [-0.05, 0) is 25.7 Å². The molecule has 1 amide bonds. The Labute approximate surface area is 92.8 Å². The van der Waals surface area contributed by atoms with Crippen LogP contribution in [0.15, 0.2) is 0 Å². The Morgan fingerprint density at radius 2 is 2.07 bits per heavy atom. The lowest BCUT2D eigenvalue weighted by atomic mass is 9.86. The van der Waals surface area contributed by atoms with E-state index in [-0.39, 0.29) is 17.9 Å². The molecule has 1 aliphatic rings. The fourth-order valence-corrected chi connectivity index (χ4v) is 2.14. The molecule has 3 heteroatoms. The molecule has 0 aromatic heterocycles. The number of rotatable bonds is 3. The number of hydrogen-bond acceptors (Lipinski definition) is 2. The van der Waals surface area contributed by atoms with Gasteiger partial charge in [0.05, 0.1) is 0 Å². The minimum Gasteiger partial charge on any atom is -0.353 e. The summed E-state index contributed by atoms with van der Waals surface area (Å²) in [6, 6.07) is 0.313. The van der Waals surface area contributed by atoms with Crippen molar-refractivity contribution in [3.8, 4) is 0 Å². The van der Waals surface area contributed by atoms with Gasteiger partial charge in [-0.2, -0.15) is 0 Å². The molecule has 3 N–H and O–H groups in total. The highest BCUT2D eigenvalue weighted by Crippen LogP contribution is 2.23. The van der Waals surface area contributed by atoms with Crippen LogP contribution in [-0.2, 0) is 4.79 Å². The van der Waals surface area contributed by atoms with E-state index < -0.39 is 0 Å². The molecular formula is C12H24N2O. The molecule has 0 aromatic carbocycles. The lowest BCUT2D eigenvalue weighted by Crippen LogP contribution is -2.44. The molecule has 0 saturated heterocycles. The molecule has 15 heavy (non-hydrogen) atoms. The van der Waals surface area contributed by atoms with Crippen molar-refractivity contribution < 1.29 is 4.79 Å². The molecule has 1 rings (SSSR count). The van der Waals surface area contributed by atoms with E-state index in [1.54, 1.807) is 0 Å². The van der Waals surface area contributed by atoms with Crippen LogP contribution in [0.1, 0.15) is 46.5 Å². The Kier molecular flexibility index (Phi) is 4.58. The summed E-state index contributed by atoms with van der Waals surface area (Å²) in [5.74, 6) is 0.779. The van der Waals surface area contributed by atoms with Gasteiger partial charge >= 0.3 is 0 Å². The highest BCUT2D eigenvalue weighted by Gasteiger charge is 2.23. The van der Waals surface area contributed by atoms with Gasteiger partial charge in [-0.1, -0.05) is 26.7 Å². The van der Waals surface area contributed by atoms with E-state index >= 15 is 0 Å². The van der Waals surface area contributed by atoms with Gasteiger partial charge in [0.1, 0.15) is 0 Å². The zero-order chi connectivity index (χ0) is 11.4. The van der Waals surface area contributed by atoms with Crippen molar-refractivity contribution in [2.45, 2.75) is 58.5 Å². The topological polar surface area (TPSA) is 55.1 Å². The van der Waals surface area contributed by atoms with E-state index in [2.05, 4.69) is 12.2 Å². The zero-order valence-electron chi connectivity index (χ0n) is 10.1. The first-order chi connectivity index (χ1) is 7.00. The minimum absolute atomic E-state index is 0.0639. The summed E-state index contributed by atoms with van der Waals surface area (Å²) in [6.07, 6.45) is 4.78. The SMILES string of the molecule is CC1CCCC(NC(=O)C(C)C(C)N)C1. The van der Waals surface area contributed by atoms with Gasteiger partial charge in [0.15, 0.2) is 0 Å². The van der Waals surface area contributed by atoms with Crippen LogP contribution < -0.4 is 11.1 Å². The summed E-state index contributed by atoms with van der Waals surface area (Å²) < 4.78 is 0. The van der Waals surface area contributed by atoms with E-state index in [1.165, 1.54) is 12.8 Å². The van der Waals surface area contributed by atoms with Gasteiger partial charge in [0.2, 0.25) is 5.91 Å². The van der Waals surface area contributed by atoms with E-state index in [9.17, 15) is 4.79 Å². The summed E-state index contributed by atoms with van der Waals surface area (Å²) in [7, 11) is 0. The van der Waals surface area contributed by atoms with E-state index in [0.717, 1.165) is 18.8 Å². The largest absolute Gasteiger partial charge is 0.353 e. The van der Waals surface area contributed by atoms with Gasteiger partial charge in [0, 0.05) is 18.0 Å². The molecule has 88 valence electrons. The number of hydrogen-bond donors (Lipinski definition) is 2. The second-order valence-electron chi connectivity index (χ2n) is 5.13. The quantitative estimate of drug-likeness (QED) is 0.747. The predicted octanol–water partition coefficient (Wildman–Crippen LogP) is 1.66. The molecule has 0 spiro atoms.